The van der Waals surface area contributed by atoms with Crippen molar-refractivity contribution in [1.82, 2.24) is 4.90 Å². The van der Waals surface area contributed by atoms with Gasteiger partial charge in [0, 0.05) is 25.8 Å². The molecular formula is C16H24N2O. The van der Waals surface area contributed by atoms with Gasteiger partial charge >= 0.3 is 0 Å². The molecule has 1 N–H and O–H groups in total. The van der Waals surface area contributed by atoms with E-state index in [0.29, 0.717) is 12.0 Å². The van der Waals surface area contributed by atoms with Gasteiger partial charge in [-0.25, -0.2) is 0 Å². The lowest BCUT2D eigenvalue weighted by molar-refractivity contribution is 0.0630. The number of carbonyl (C=O) groups is 1. The number of nitrogens with one attached hydrogen (secondary N) is 1. The number of nitrogens with zero attached hydrogens (tertiary/aromatic N) is 1. The van der Waals surface area contributed by atoms with E-state index in [2.05, 4.69) is 12.2 Å². The Bertz CT molecular complexity index is 444. The van der Waals surface area contributed by atoms with Crippen LogP contribution in [0.2, 0.25) is 0 Å². The molecule has 0 aliphatic heterocycles. The van der Waals surface area contributed by atoms with E-state index < -0.39 is 0 Å². The number of carbonyl (C=O) groups excluding carboxylic acids is 1. The number of hydrogen-bond donors (Lipinski definition) is 1. The van der Waals surface area contributed by atoms with Crippen molar-refractivity contribution in [2.24, 2.45) is 5.92 Å². The van der Waals surface area contributed by atoms with Crippen molar-refractivity contribution in [3.63, 3.8) is 0 Å². The van der Waals surface area contributed by atoms with Crippen LogP contribution < -0.4 is 5.32 Å². The fourth-order valence-electron chi connectivity index (χ4n) is 3.10. The summed E-state index contributed by atoms with van der Waals surface area (Å²) < 4.78 is 0. The van der Waals surface area contributed by atoms with Crippen molar-refractivity contribution in [2.75, 3.05) is 19.4 Å². The molecule has 1 fully saturated rings. The third-order valence-corrected chi connectivity index (χ3v) is 4.31. The van der Waals surface area contributed by atoms with Gasteiger partial charge in [0.15, 0.2) is 0 Å². The summed E-state index contributed by atoms with van der Waals surface area (Å²) in [4.78, 5) is 14.6. The van der Waals surface area contributed by atoms with Crippen LogP contribution in [0.15, 0.2) is 24.3 Å². The van der Waals surface area contributed by atoms with E-state index in [-0.39, 0.29) is 5.91 Å². The number of benzene rings is 1. The topological polar surface area (TPSA) is 32.3 Å². The second-order valence-electron chi connectivity index (χ2n) is 5.54. The monoisotopic (exact) mass is 260 g/mol. The maximum Gasteiger partial charge on any atom is 0.255 e. The van der Waals surface area contributed by atoms with E-state index >= 15 is 0 Å². The molecule has 1 aromatic carbocycles. The lowest BCUT2D eigenvalue weighted by Gasteiger charge is -2.36. The number of rotatable bonds is 3. The first-order valence-corrected chi connectivity index (χ1v) is 7.19. The largest absolute Gasteiger partial charge is 0.387 e. The lowest BCUT2D eigenvalue weighted by Crippen LogP contribution is -2.42. The Balaban J connectivity index is 2.18. The minimum Gasteiger partial charge on any atom is -0.387 e. The van der Waals surface area contributed by atoms with Gasteiger partial charge in [-0.3, -0.25) is 4.79 Å². The number of anilines is 1. The van der Waals surface area contributed by atoms with Crippen molar-refractivity contribution in [3.05, 3.63) is 29.8 Å². The Morgan fingerprint density at radius 2 is 1.95 bits per heavy atom. The molecule has 2 unspecified atom stereocenters. The summed E-state index contributed by atoms with van der Waals surface area (Å²) >= 11 is 0. The highest BCUT2D eigenvalue weighted by Gasteiger charge is 2.28. The average Bonchev–Trinajstić information content (AvgIpc) is 2.46. The number of hydrogen-bond acceptors (Lipinski definition) is 2. The van der Waals surface area contributed by atoms with Crippen molar-refractivity contribution in [1.29, 1.82) is 0 Å². The first kappa shape index (κ1) is 13.9. The zero-order valence-electron chi connectivity index (χ0n) is 12.1. The van der Waals surface area contributed by atoms with Crippen LogP contribution >= 0.6 is 0 Å². The molecule has 0 aromatic heterocycles. The van der Waals surface area contributed by atoms with E-state index in [9.17, 15) is 4.79 Å². The van der Waals surface area contributed by atoms with Crippen LogP contribution in [0.3, 0.4) is 0 Å². The fraction of sp³-hybridized carbons (Fsp3) is 0.562. The van der Waals surface area contributed by atoms with Crippen LogP contribution in [-0.4, -0.2) is 30.9 Å². The zero-order chi connectivity index (χ0) is 13.8. The van der Waals surface area contributed by atoms with Crippen molar-refractivity contribution < 1.29 is 4.79 Å². The van der Waals surface area contributed by atoms with Gasteiger partial charge in [0.25, 0.3) is 5.91 Å². The second-order valence-corrected chi connectivity index (χ2v) is 5.54. The van der Waals surface area contributed by atoms with Crippen LogP contribution in [-0.2, 0) is 0 Å². The molecule has 1 saturated carbocycles. The van der Waals surface area contributed by atoms with Gasteiger partial charge in [-0.05, 0) is 30.9 Å². The molecule has 104 valence electrons. The molecule has 0 radical (unpaired) electrons. The Hall–Kier alpha value is -1.51. The Kier molecular flexibility index (Phi) is 4.46. The molecule has 1 aromatic rings. The normalized spacial score (nSPS) is 22.9. The van der Waals surface area contributed by atoms with Crippen molar-refractivity contribution >= 4 is 11.6 Å². The zero-order valence-corrected chi connectivity index (χ0v) is 12.1. The standard InChI is InChI=1S/C16H24N2O/c1-12-8-4-7-11-15(12)18(3)16(19)13-9-5-6-10-14(13)17-2/h5-6,9-10,12,15,17H,4,7-8,11H2,1-3H3. The summed E-state index contributed by atoms with van der Waals surface area (Å²) in [6.07, 6.45) is 4.90. The minimum atomic E-state index is 0.128. The molecule has 1 aliphatic rings. The van der Waals surface area contributed by atoms with Crippen molar-refractivity contribution in [3.8, 4) is 0 Å². The molecule has 1 amide bonds. The van der Waals surface area contributed by atoms with Gasteiger partial charge in [0.05, 0.1) is 5.56 Å². The third kappa shape index (κ3) is 2.91. The summed E-state index contributed by atoms with van der Waals surface area (Å²) in [5, 5.41) is 3.10. The van der Waals surface area contributed by atoms with E-state index in [1.54, 1.807) is 0 Å². The summed E-state index contributed by atoms with van der Waals surface area (Å²) in [6, 6.07) is 8.10. The summed E-state index contributed by atoms with van der Waals surface area (Å²) in [5.41, 5.74) is 1.67. The van der Waals surface area contributed by atoms with Gasteiger partial charge in [-0.2, -0.15) is 0 Å². The maximum atomic E-state index is 12.7. The van der Waals surface area contributed by atoms with E-state index in [1.165, 1.54) is 19.3 Å². The highest BCUT2D eigenvalue weighted by atomic mass is 16.2. The smallest absolute Gasteiger partial charge is 0.255 e. The Morgan fingerprint density at radius 1 is 1.26 bits per heavy atom. The molecule has 0 spiro atoms. The number of para-hydroxylation sites is 1. The van der Waals surface area contributed by atoms with Crippen LogP contribution in [0.4, 0.5) is 5.69 Å². The van der Waals surface area contributed by atoms with E-state index in [4.69, 9.17) is 0 Å². The molecule has 0 saturated heterocycles. The molecule has 2 rings (SSSR count). The first-order valence-electron chi connectivity index (χ1n) is 7.19. The molecule has 19 heavy (non-hydrogen) atoms. The molecule has 3 nitrogen and oxygen atoms in total. The fourth-order valence-corrected chi connectivity index (χ4v) is 3.10. The van der Waals surface area contributed by atoms with E-state index in [1.807, 2.05) is 43.3 Å². The summed E-state index contributed by atoms with van der Waals surface area (Å²) in [5.74, 6) is 0.730. The SMILES string of the molecule is CNc1ccccc1C(=O)N(C)C1CCCCC1C. The van der Waals surface area contributed by atoms with Gasteiger partial charge in [-0.1, -0.05) is 31.9 Å². The van der Waals surface area contributed by atoms with Crippen LogP contribution in [0.1, 0.15) is 43.0 Å². The van der Waals surface area contributed by atoms with E-state index in [0.717, 1.165) is 17.7 Å². The predicted molar refractivity (Wildman–Crippen MR) is 79.5 cm³/mol. The molecule has 2 atom stereocenters. The molecular weight excluding hydrogens is 236 g/mol. The van der Waals surface area contributed by atoms with Gasteiger partial charge in [-0.15, -0.1) is 0 Å². The van der Waals surface area contributed by atoms with Crippen LogP contribution in [0, 0.1) is 5.92 Å². The highest BCUT2D eigenvalue weighted by molar-refractivity contribution is 5.99. The van der Waals surface area contributed by atoms with Gasteiger partial charge < -0.3 is 10.2 Å². The number of amides is 1. The van der Waals surface area contributed by atoms with Crippen LogP contribution in [0.5, 0.6) is 0 Å². The minimum absolute atomic E-state index is 0.128. The molecule has 0 bridgehead atoms. The molecule has 0 heterocycles. The first-order chi connectivity index (χ1) is 9.15. The Labute approximate surface area is 116 Å². The average molecular weight is 260 g/mol. The third-order valence-electron chi connectivity index (χ3n) is 4.31. The quantitative estimate of drug-likeness (QED) is 0.903. The highest BCUT2D eigenvalue weighted by Crippen LogP contribution is 2.29. The predicted octanol–water partition coefficient (Wildman–Crippen LogP) is 3.38. The Morgan fingerprint density at radius 3 is 2.63 bits per heavy atom. The van der Waals surface area contributed by atoms with Gasteiger partial charge in [0.1, 0.15) is 0 Å². The van der Waals surface area contributed by atoms with Crippen molar-refractivity contribution in [2.45, 2.75) is 38.6 Å². The molecule has 3 heteroatoms. The maximum absolute atomic E-state index is 12.7. The lowest BCUT2D eigenvalue weighted by atomic mass is 9.85. The summed E-state index contributed by atoms with van der Waals surface area (Å²) in [7, 11) is 3.80. The second kappa shape index (κ2) is 6.09. The van der Waals surface area contributed by atoms with Gasteiger partial charge in [0.2, 0.25) is 0 Å². The molecule has 1 aliphatic carbocycles. The van der Waals surface area contributed by atoms with Crippen LogP contribution in [0.25, 0.3) is 0 Å². The summed E-state index contributed by atoms with van der Waals surface area (Å²) in [6.45, 7) is 2.26.